The topological polar surface area (TPSA) is 50.2 Å². The molecule has 0 unspecified atom stereocenters. The summed E-state index contributed by atoms with van der Waals surface area (Å²) in [6.45, 7) is 1.97. The number of hydrogen-bond donors (Lipinski definition) is 1. The summed E-state index contributed by atoms with van der Waals surface area (Å²) in [5.41, 5.74) is 4.98. The molecule has 11 heavy (non-hydrogen) atoms. The van der Waals surface area contributed by atoms with Gasteiger partial charge in [0.25, 0.3) is 0 Å². The fourth-order valence-electron chi connectivity index (χ4n) is 1.08. The monoisotopic (exact) mass is 148 g/mol. The molecule has 0 saturated carbocycles. The van der Waals surface area contributed by atoms with Crippen molar-refractivity contribution in [3.8, 4) is 0 Å². The van der Waals surface area contributed by atoms with E-state index >= 15 is 0 Å². The molecule has 0 aromatic carbocycles. The van der Waals surface area contributed by atoms with E-state index in [0.29, 0.717) is 0 Å². The quantitative estimate of drug-likeness (QED) is 0.590. The van der Waals surface area contributed by atoms with Crippen LogP contribution in [0, 0.1) is 6.92 Å². The zero-order valence-electron chi connectivity index (χ0n) is 6.20. The number of hydrazone groups is 1. The number of fused-ring (bicyclic) bond motifs is 1. The summed E-state index contributed by atoms with van der Waals surface area (Å²) in [6.07, 6.45) is 4.19. The van der Waals surface area contributed by atoms with E-state index in [1.54, 1.807) is 6.33 Å². The van der Waals surface area contributed by atoms with Crippen molar-refractivity contribution in [1.29, 1.82) is 0 Å². The van der Waals surface area contributed by atoms with Crippen LogP contribution in [0.2, 0.25) is 0 Å². The molecule has 4 heteroatoms. The van der Waals surface area contributed by atoms with Gasteiger partial charge in [0.2, 0.25) is 0 Å². The summed E-state index contributed by atoms with van der Waals surface area (Å²) < 4.78 is 0. The largest absolute Gasteiger partial charge is 0.261 e. The van der Waals surface area contributed by atoms with Gasteiger partial charge in [-0.2, -0.15) is 5.10 Å². The second kappa shape index (κ2) is 2.30. The van der Waals surface area contributed by atoms with Crippen molar-refractivity contribution in [1.82, 2.24) is 9.97 Å². The minimum Gasteiger partial charge on any atom is -0.261 e. The van der Waals surface area contributed by atoms with Crippen LogP contribution < -0.4 is 5.43 Å². The zero-order chi connectivity index (χ0) is 7.68. The van der Waals surface area contributed by atoms with Gasteiger partial charge in [0.1, 0.15) is 6.33 Å². The van der Waals surface area contributed by atoms with Gasteiger partial charge in [-0.3, -0.25) is 5.43 Å². The number of aryl methyl sites for hydroxylation is 1. The Bertz CT molecular complexity index is 305. The average Bonchev–Trinajstić information content (AvgIpc) is 2.06. The standard InChI is InChI=1S/C7H8N4/c1-5-6-2-3-10-11-7(6)9-4-8-5/h3-4H,2H2,1H3,(H,8,9,11). The van der Waals surface area contributed by atoms with Gasteiger partial charge in [-0.25, -0.2) is 9.97 Å². The maximum Gasteiger partial charge on any atom is 0.153 e. The van der Waals surface area contributed by atoms with Crippen molar-refractivity contribution < 1.29 is 0 Å². The third-order valence-electron chi connectivity index (χ3n) is 1.72. The highest BCUT2D eigenvalue weighted by molar-refractivity contribution is 5.70. The fraction of sp³-hybridized carbons (Fsp3) is 0.286. The predicted octanol–water partition coefficient (Wildman–Crippen LogP) is 0.739. The molecule has 1 N–H and O–H groups in total. The number of nitrogens with one attached hydrogen (secondary N) is 1. The molecule has 0 spiro atoms. The zero-order valence-corrected chi connectivity index (χ0v) is 6.20. The van der Waals surface area contributed by atoms with Crippen LogP contribution in [0.1, 0.15) is 11.3 Å². The van der Waals surface area contributed by atoms with Crippen molar-refractivity contribution in [3.63, 3.8) is 0 Å². The SMILES string of the molecule is Cc1ncnc2c1CC=NN2. The molecule has 0 amide bonds. The first-order valence-corrected chi connectivity index (χ1v) is 3.46. The lowest BCUT2D eigenvalue weighted by molar-refractivity contribution is 1.02. The van der Waals surface area contributed by atoms with Gasteiger partial charge in [0.05, 0.1) is 0 Å². The predicted molar refractivity (Wildman–Crippen MR) is 42.6 cm³/mol. The van der Waals surface area contributed by atoms with Gasteiger partial charge in [0.15, 0.2) is 5.82 Å². The molecule has 56 valence electrons. The van der Waals surface area contributed by atoms with Crippen LogP contribution in [0.5, 0.6) is 0 Å². The Hall–Kier alpha value is -1.45. The third kappa shape index (κ3) is 0.960. The van der Waals surface area contributed by atoms with Crippen LogP contribution in [0.15, 0.2) is 11.4 Å². The van der Waals surface area contributed by atoms with E-state index in [1.165, 1.54) is 0 Å². The van der Waals surface area contributed by atoms with Crippen molar-refractivity contribution in [2.45, 2.75) is 13.3 Å². The summed E-state index contributed by atoms with van der Waals surface area (Å²) >= 11 is 0. The van der Waals surface area contributed by atoms with Crippen LogP contribution in [0.25, 0.3) is 0 Å². The Morgan fingerprint density at radius 2 is 2.36 bits per heavy atom. The lowest BCUT2D eigenvalue weighted by atomic mass is 10.1. The highest BCUT2D eigenvalue weighted by atomic mass is 15.3. The van der Waals surface area contributed by atoms with Gasteiger partial charge in [-0.1, -0.05) is 0 Å². The first-order valence-electron chi connectivity index (χ1n) is 3.46. The molecule has 0 atom stereocenters. The van der Waals surface area contributed by atoms with Crippen molar-refractivity contribution >= 4 is 12.0 Å². The molecule has 1 aliphatic heterocycles. The van der Waals surface area contributed by atoms with Crippen LogP contribution >= 0.6 is 0 Å². The molecule has 0 bridgehead atoms. The van der Waals surface area contributed by atoms with Gasteiger partial charge in [-0.05, 0) is 6.92 Å². The molecule has 1 aliphatic rings. The highest BCUT2D eigenvalue weighted by Crippen LogP contribution is 2.16. The van der Waals surface area contributed by atoms with Gasteiger partial charge in [-0.15, -0.1) is 0 Å². The summed E-state index contributed by atoms with van der Waals surface area (Å²) in [4.78, 5) is 8.12. The Kier molecular flexibility index (Phi) is 1.31. The summed E-state index contributed by atoms with van der Waals surface area (Å²) in [7, 11) is 0. The van der Waals surface area contributed by atoms with Crippen molar-refractivity contribution in [2.75, 3.05) is 5.43 Å². The van der Waals surface area contributed by atoms with E-state index in [-0.39, 0.29) is 0 Å². The minimum absolute atomic E-state index is 0.828. The first kappa shape index (κ1) is 6.27. The molecule has 0 saturated heterocycles. The lowest BCUT2D eigenvalue weighted by Crippen LogP contribution is -2.08. The van der Waals surface area contributed by atoms with Crippen molar-refractivity contribution in [2.24, 2.45) is 5.10 Å². The molecule has 1 aromatic heterocycles. The number of aromatic nitrogens is 2. The molecular formula is C7H8N4. The number of anilines is 1. The molecule has 0 fully saturated rings. The van der Waals surface area contributed by atoms with Crippen LogP contribution in [-0.4, -0.2) is 16.2 Å². The minimum atomic E-state index is 0.828. The van der Waals surface area contributed by atoms with Crippen LogP contribution in [0.4, 0.5) is 5.82 Å². The van der Waals surface area contributed by atoms with E-state index in [9.17, 15) is 0 Å². The van der Waals surface area contributed by atoms with E-state index < -0.39 is 0 Å². The molecular weight excluding hydrogens is 140 g/mol. The number of hydrogen-bond acceptors (Lipinski definition) is 4. The summed E-state index contributed by atoms with van der Waals surface area (Å²) in [5, 5.41) is 3.89. The lowest BCUT2D eigenvalue weighted by Gasteiger charge is -2.10. The summed E-state index contributed by atoms with van der Waals surface area (Å²) in [6, 6.07) is 0. The average molecular weight is 148 g/mol. The second-order valence-electron chi connectivity index (χ2n) is 2.41. The maximum atomic E-state index is 4.08. The van der Waals surface area contributed by atoms with E-state index in [0.717, 1.165) is 23.5 Å². The molecule has 0 aliphatic carbocycles. The van der Waals surface area contributed by atoms with E-state index in [2.05, 4.69) is 20.5 Å². The number of rotatable bonds is 0. The highest BCUT2D eigenvalue weighted by Gasteiger charge is 2.08. The van der Waals surface area contributed by atoms with E-state index in [1.807, 2.05) is 13.1 Å². The Balaban J connectivity index is 2.54. The normalized spacial score (nSPS) is 13.9. The molecule has 0 radical (unpaired) electrons. The summed E-state index contributed by atoms with van der Waals surface area (Å²) in [5.74, 6) is 0.833. The van der Waals surface area contributed by atoms with Gasteiger partial charge < -0.3 is 0 Å². The Morgan fingerprint density at radius 3 is 3.18 bits per heavy atom. The Morgan fingerprint density at radius 1 is 1.45 bits per heavy atom. The third-order valence-corrected chi connectivity index (χ3v) is 1.72. The smallest absolute Gasteiger partial charge is 0.153 e. The fourth-order valence-corrected chi connectivity index (χ4v) is 1.08. The van der Waals surface area contributed by atoms with Crippen LogP contribution in [-0.2, 0) is 6.42 Å². The van der Waals surface area contributed by atoms with Crippen LogP contribution in [0.3, 0.4) is 0 Å². The van der Waals surface area contributed by atoms with E-state index in [4.69, 9.17) is 0 Å². The molecule has 2 heterocycles. The molecule has 2 rings (SSSR count). The second-order valence-corrected chi connectivity index (χ2v) is 2.41. The number of nitrogens with zero attached hydrogens (tertiary/aromatic N) is 3. The molecule has 4 nitrogen and oxygen atoms in total. The van der Waals surface area contributed by atoms with Gasteiger partial charge in [0, 0.05) is 23.9 Å². The van der Waals surface area contributed by atoms with Gasteiger partial charge >= 0.3 is 0 Å². The van der Waals surface area contributed by atoms with Crippen molar-refractivity contribution in [3.05, 3.63) is 17.6 Å². The molecule has 1 aromatic rings. The maximum absolute atomic E-state index is 4.08. The Labute approximate surface area is 64.4 Å². The first-order chi connectivity index (χ1) is 5.38.